The third-order valence-corrected chi connectivity index (χ3v) is 4.45. The molecule has 3 rings (SSSR count). The zero-order chi connectivity index (χ0) is 11.7. The van der Waals surface area contributed by atoms with Gasteiger partial charge in [-0.1, -0.05) is 54.9 Å². The van der Waals surface area contributed by atoms with Gasteiger partial charge in [-0.3, -0.25) is 0 Å². The van der Waals surface area contributed by atoms with Gasteiger partial charge in [-0.25, -0.2) is 0 Å². The highest BCUT2D eigenvalue weighted by Gasteiger charge is 2.43. The minimum Gasteiger partial charge on any atom is -0.385 e. The summed E-state index contributed by atoms with van der Waals surface area (Å²) in [5, 5.41) is 11.1. The smallest absolute Gasteiger partial charge is 0.0928 e. The number of aliphatic hydroxyl groups is 1. The van der Waals surface area contributed by atoms with Crippen molar-refractivity contribution in [2.75, 3.05) is 0 Å². The lowest BCUT2D eigenvalue weighted by molar-refractivity contribution is -0.00179. The summed E-state index contributed by atoms with van der Waals surface area (Å²) in [7, 11) is 0. The highest BCUT2D eigenvalue weighted by atomic mass is 16.3. The fourth-order valence-electron chi connectivity index (χ4n) is 3.52. The van der Waals surface area contributed by atoms with Gasteiger partial charge in [0.1, 0.15) is 0 Å². The van der Waals surface area contributed by atoms with Crippen LogP contribution in [0.3, 0.4) is 0 Å². The molecule has 0 saturated heterocycles. The lowest BCUT2D eigenvalue weighted by atomic mass is 9.67. The maximum absolute atomic E-state index is 11.1. The van der Waals surface area contributed by atoms with Gasteiger partial charge in [-0.2, -0.15) is 0 Å². The zero-order valence-corrected chi connectivity index (χ0v) is 10.2. The largest absolute Gasteiger partial charge is 0.385 e. The Labute approximate surface area is 103 Å². The Morgan fingerprint density at radius 1 is 1.06 bits per heavy atom. The van der Waals surface area contributed by atoms with Crippen molar-refractivity contribution in [3.05, 3.63) is 47.6 Å². The molecule has 0 heterocycles. The Morgan fingerprint density at radius 3 is 2.59 bits per heavy atom. The normalized spacial score (nSPS) is 36.2. The van der Waals surface area contributed by atoms with Crippen molar-refractivity contribution < 1.29 is 5.11 Å². The maximum Gasteiger partial charge on any atom is 0.0928 e. The minimum absolute atomic E-state index is 0.345. The maximum atomic E-state index is 11.1. The molecule has 1 heteroatoms. The zero-order valence-electron chi connectivity index (χ0n) is 10.2. The Morgan fingerprint density at radius 2 is 1.88 bits per heavy atom. The van der Waals surface area contributed by atoms with E-state index in [1.54, 1.807) is 0 Å². The molecule has 2 unspecified atom stereocenters. The van der Waals surface area contributed by atoms with Crippen molar-refractivity contribution in [1.82, 2.24) is 0 Å². The molecular formula is C16H20O. The predicted molar refractivity (Wildman–Crippen MR) is 70.6 cm³/mol. The molecule has 1 saturated carbocycles. The quantitative estimate of drug-likeness (QED) is 0.764. The fraction of sp³-hybridized carbons (Fsp3) is 0.500. The summed E-state index contributed by atoms with van der Waals surface area (Å²) in [5.41, 5.74) is 2.09. The lowest BCUT2D eigenvalue weighted by Gasteiger charge is -2.42. The van der Waals surface area contributed by atoms with E-state index in [0.29, 0.717) is 5.92 Å². The second-order valence-corrected chi connectivity index (χ2v) is 5.42. The topological polar surface area (TPSA) is 20.2 Å². The van der Waals surface area contributed by atoms with Crippen molar-refractivity contribution in [3.8, 4) is 0 Å². The first kappa shape index (κ1) is 11.0. The van der Waals surface area contributed by atoms with Crippen LogP contribution >= 0.6 is 0 Å². The van der Waals surface area contributed by atoms with Crippen LogP contribution in [0.1, 0.15) is 38.5 Å². The molecule has 17 heavy (non-hydrogen) atoms. The second kappa shape index (κ2) is 4.30. The molecule has 3 aliphatic carbocycles. The summed E-state index contributed by atoms with van der Waals surface area (Å²) in [6.45, 7) is 0. The van der Waals surface area contributed by atoms with E-state index in [-0.39, 0.29) is 0 Å². The predicted octanol–water partition coefficient (Wildman–Crippen LogP) is 3.68. The molecule has 1 nitrogen and oxygen atoms in total. The molecule has 3 aliphatic rings. The number of allylic oxidation sites excluding steroid dienone is 6. The molecular weight excluding hydrogens is 208 g/mol. The van der Waals surface area contributed by atoms with E-state index in [4.69, 9.17) is 0 Å². The minimum atomic E-state index is -0.570. The van der Waals surface area contributed by atoms with Crippen molar-refractivity contribution in [3.63, 3.8) is 0 Å². The van der Waals surface area contributed by atoms with Gasteiger partial charge in [0.05, 0.1) is 5.60 Å². The number of rotatable bonds is 2. The standard InChI is InChI=1S/C16H20O/c17-16(14-9-3-4-10-14)12-6-5-11-15(16)13-7-1-2-8-13/h1-4,7,9,15,17H,5-6,8,10-12H2. The van der Waals surface area contributed by atoms with Crippen LogP contribution < -0.4 is 0 Å². The van der Waals surface area contributed by atoms with Crippen LogP contribution in [0.25, 0.3) is 0 Å². The van der Waals surface area contributed by atoms with Crippen molar-refractivity contribution >= 4 is 0 Å². The first-order chi connectivity index (χ1) is 8.31. The highest BCUT2D eigenvalue weighted by Crippen LogP contribution is 2.46. The highest BCUT2D eigenvalue weighted by molar-refractivity contribution is 5.37. The van der Waals surface area contributed by atoms with Gasteiger partial charge in [-0.15, -0.1) is 0 Å². The molecule has 0 aliphatic heterocycles. The van der Waals surface area contributed by atoms with E-state index in [0.717, 1.165) is 32.1 Å². The molecule has 0 spiro atoms. The summed E-state index contributed by atoms with van der Waals surface area (Å²) in [5.74, 6) is 0.345. The van der Waals surface area contributed by atoms with Crippen LogP contribution in [-0.4, -0.2) is 10.7 Å². The molecule has 2 atom stereocenters. The average molecular weight is 228 g/mol. The first-order valence-electron chi connectivity index (χ1n) is 6.75. The second-order valence-electron chi connectivity index (χ2n) is 5.42. The van der Waals surface area contributed by atoms with Crippen molar-refractivity contribution in [1.29, 1.82) is 0 Å². The molecule has 0 aromatic rings. The van der Waals surface area contributed by atoms with E-state index >= 15 is 0 Å². The van der Waals surface area contributed by atoms with Crippen LogP contribution in [0.4, 0.5) is 0 Å². The van der Waals surface area contributed by atoms with E-state index < -0.39 is 5.60 Å². The van der Waals surface area contributed by atoms with Gasteiger partial charge in [0, 0.05) is 5.92 Å². The van der Waals surface area contributed by atoms with Gasteiger partial charge >= 0.3 is 0 Å². The Hall–Kier alpha value is -1.08. The summed E-state index contributed by atoms with van der Waals surface area (Å²) < 4.78 is 0. The summed E-state index contributed by atoms with van der Waals surface area (Å²) in [6.07, 6.45) is 19.4. The Balaban J connectivity index is 1.89. The molecule has 0 amide bonds. The number of hydrogen-bond acceptors (Lipinski definition) is 1. The molecule has 0 aromatic carbocycles. The van der Waals surface area contributed by atoms with Crippen LogP contribution in [0.2, 0.25) is 0 Å². The Kier molecular flexibility index (Phi) is 2.79. The lowest BCUT2D eigenvalue weighted by Crippen LogP contribution is -2.43. The summed E-state index contributed by atoms with van der Waals surface area (Å²) in [4.78, 5) is 0. The van der Waals surface area contributed by atoms with Gasteiger partial charge in [0.15, 0.2) is 0 Å². The summed E-state index contributed by atoms with van der Waals surface area (Å²) in [6, 6.07) is 0. The SMILES string of the molecule is OC1(C2=CC=CC2)CCCCC1C1=CC=CC1. The van der Waals surface area contributed by atoms with E-state index in [1.807, 2.05) is 0 Å². The van der Waals surface area contributed by atoms with Crippen LogP contribution in [0.5, 0.6) is 0 Å². The van der Waals surface area contributed by atoms with Crippen molar-refractivity contribution in [2.45, 2.75) is 44.1 Å². The fourth-order valence-corrected chi connectivity index (χ4v) is 3.52. The third kappa shape index (κ3) is 1.83. The number of hydrogen-bond donors (Lipinski definition) is 1. The van der Waals surface area contributed by atoms with Gasteiger partial charge in [-0.05, 0) is 31.3 Å². The van der Waals surface area contributed by atoms with Crippen LogP contribution in [0, 0.1) is 5.92 Å². The van der Waals surface area contributed by atoms with Gasteiger partial charge in [0.25, 0.3) is 0 Å². The molecule has 0 aromatic heterocycles. The van der Waals surface area contributed by atoms with Gasteiger partial charge < -0.3 is 5.11 Å². The van der Waals surface area contributed by atoms with E-state index in [2.05, 4.69) is 36.5 Å². The van der Waals surface area contributed by atoms with Crippen LogP contribution in [-0.2, 0) is 0 Å². The van der Waals surface area contributed by atoms with Crippen LogP contribution in [0.15, 0.2) is 47.6 Å². The van der Waals surface area contributed by atoms with Crippen molar-refractivity contribution in [2.24, 2.45) is 5.92 Å². The molecule has 0 bridgehead atoms. The molecule has 90 valence electrons. The first-order valence-corrected chi connectivity index (χ1v) is 6.75. The van der Waals surface area contributed by atoms with E-state index in [1.165, 1.54) is 17.6 Å². The van der Waals surface area contributed by atoms with E-state index in [9.17, 15) is 5.11 Å². The summed E-state index contributed by atoms with van der Waals surface area (Å²) >= 11 is 0. The average Bonchev–Trinajstić information content (AvgIpc) is 3.03. The Bertz CT molecular complexity index is 425. The molecule has 1 fully saturated rings. The van der Waals surface area contributed by atoms with Gasteiger partial charge in [0.2, 0.25) is 0 Å². The molecule has 0 radical (unpaired) electrons. The monoisotopic (exact) mass is 228 g/mol. The third-order valence-electron chi connectivity index (χ3n) is 4.45. The molecule has 1 N–H and O–H groups in total.